The van der Waals surface area contributed by atoms with Crippen LogP contribution < -0.4 is 10.6 Å². The summed E-state index contributed by atoms with van der Waals surface area (Å²) in [6.45, 7) is 10.3. The number of benzene rings is 2. The molecule has 2 fully saturated rings. The zero-order chi connectivity index (χ0) is 41.5. The minimum absolute atomic E-state index is 0.0486. The van der Waals surface area contributed by atoms with Gasteiger partial charge in [0.05, 0.1) is 74.4 Å². The molecule has 2 aliphatic rings. The number of thiazole rings is 2. The molecule has 4 aromatic heterocycles. The summed E-state index contributed by atoms with van der Waals surface area (Å²) in [6.07, 6.45) is 6.23. The van der Waals surface area contributed by atoms with Crippen molar-refractivity contribution in [3.63, 3.8) is 0 Å². The Morgan fingerprint density at radius 3 is 1.56 bits per heavy atom. The highest BCUT2D eigenvalue weighted by atomic mass is 32.1. The molecule has 15 nitrogen and oxygen atoms in total. The van der Waals surface area contributed by atoms with E-state index < -0.39 is 18.2 Å². The summed E-state index contributed by atoms with van der Waals surface area (Å²) < 4.78 is 6.79. The third-order valence-corrected chi connectivity index (χ3v) is 13.1. The van der Waals surface area contributed by atoms with Crippen LogP contribution in [0.3, 0.4) is 0 Å². The van der Waals surface area contributed by atoms with E-state index in [1.54, 1.807) is 22.7 Å². The lowest BCUT2D eigenvalue weighted by Gasteiger charge is -2.30. The summed E-state index contributed by atoms with van der Waals surface area (Å²) in [5.74, 6) is 0.789. The molecule has 0 saturated carbocycles. The van der Waals surface area contributed by atoms with E-state index in [-0.39, 0.29) is 41.6 Å². The monoisotopic (exact) mass is 836 g/mol. The zero-order valence-corrected chi connectivity index (χ0v) is 35.5. The first-order valence-corrected chi connectivity index (χ1v) is 21.8. The van der Waals surface area contributed by atoms with Crippen LogP contribution in [0.15, 0.2) is 47.7 Å². The number of nitrogens with one attached hydrogen (secondary N) is 4. The average Bonchev–Trinajstić information content (AvgIpc) is 4.06. The van der Waals surface area contributed by atoms with Crippen LogP contribution >= 0.6 is 22.7 Å². The lowest BCUT2D eigenvalue weighted by molar-refractivity contribution is -0.138. The summed E-state index contributed by atoms with van der Waals surface area (Å²) >= 11 is 3.11. The molecular weight excluding hydrogens is 789 g/mol. The average molecular weight is 837 g/mol. The predicted molar refractivity (Wildman–Crippen MR) is 227 cm³/mol. The predicted octanol–water partition coefficient (Wildman–Crippen LogP) is 7.22. The van der Waals surface area contributed by atoms with Gasteiger partial charge in [0.1, 0.15) is 23.7 Å². The number of nitrogens with zero attached hydrogens (tertiary/aromatic N) is 6. The maximum atomic E-state index is 13.7. The number of H-pyrrole nitrogens is 2. The SMILES string of the molecule is COC(=O)N[C@H](C(=O)N1CCC[C@H]1c1ncc(-c2ccc(-c3ccc(-c4cnc([C@@H]5CCCN5C(=O)[C@@H](NC(C)=O)C(C)C)[nH]4)c4scnc34)c3ncsc23)[nH]1)C(C)C. The number of rotatable bonds is 11. The molecule has 2 aliphatic heterocycles. The highest BCUT2D eigenvalue weighted by molar-refractivity contribution is 7.17. The van der Waals surface area contributed by atoms with E-state index in [1.807, 2.05) is 60.9 Å². The first-order chi connectivity index (χ1) is 28.4. The van der Waals surface area contributed by atoms with Gasteiger partial charge in [0.25, 0.3) is 0 Å². The standard InChI is InChI=1S/C42H48N10O5S2/c1-21(2)32(47-23(5)53)40(54)51-15-7-9-30(51)38-43-17-28(48-38)26-13-11-24(34-36(26)58-19-45-34)25-12-14-27(37-35(25)46-20-59-37)29-18-44-39(49-29)31-10-8-16-52(31)41(55)33(22(3)4)50-42(56)57-6/h11-14,17-22,30-33H,7-10,15-16H2,1-6H3,(H,43,48)(H,44,49)(H,47,53)(H,50,56)/t30-,31-,32-,33-/m0/s1. The number of imidazole rings is 2. The van der Waals surface area contributed by atoms with E-state index in [2.05, 4.69) is 44.9 Å². The number of hydrogen-bond acceptors (Lipinski definition) is 11. The number of fused-ring (bicyclic) bond motifs is 2. The van der Waals surface area contributed by atoms with Crippen molar-refractivity contribution in [2.24, 2.45) is 11.8 Å². The molecule has 59 heavy (non-hydrogen) atoms. The third-order valence-electron chi connectivity index (χ3n) is 11.4. The molecule has 2 aromatic carbocycles. The molecule has 2 saturated heterocycles. The highest BCUT2D eigenvalue weighted by Gasteiger charge is 2.39. The van der Waals surface area contributed by atoms with Crippen LogP contribution in [0.1, 0.15) is 84.0 Å². The number of aromatic amines is 2. The molecule has 0 unspecified atom stereocenters. The van der Waals surface area contributed by atoms with Crippen molar-refractivity contribution < 1.29 is 23.9 Å². The van der Waals surface area contributed by atoms with Gasteiger partial charge in [-0.1, -0.05) is 52.0 Å². The molecule has 4 amide bonds. The molecule has 0 aliphatic carbocycles. The fourth-order valence-corrected chi connectivity index (χ4v) is 10.1. The van der Waals surface area contributed by atoms with Gasteiger partial charge in [-0.15, -0.1) is 22.7 Å². The minimum Gasteiger partial charge on any atom is -0.453 e. The largest absolute Gasteiger partial charge is 0.453 e. The van der Waals surface area contributed by atoms with Crippen LogP contribution in [-0.4, -0.2) is 95.8 Å². The van der Waals surface area contributed by atoms with Gasteiger partial charge < -0.3 is 35.1 Å². The van der Waals surface area contributed by atoms with Gasteiger partial charge in [-0.2, -0.15) is 0 Å². The maximum Gasteiger partial charge on any atom is 0.407 e. The smallest absolute Gasteiger partial charge is 0.407 e. The molecule has 4 atom stereocenters. The highest BCUT2D eigenvalue weighted by Crippen LogP contribution is 2.43. The topological polar surface area (TPSA) is 191 Å². The number of hydrogen-bond donors (Lipinski definition) is 4. The Morgan fingerprint density at radius 1 is 0.695 bits per heavy atom. The van der Waals surface area contributed by atoms with Gasteiger partial charge in [-0.3, -0.25) is 14.4 Å². The van der Waals surface area contributed by atoms with Crippen LogP contribution in [0, 0.1) is 11.8 Å². The Balaban J connectivity index is 1.05. The van der Waals surface area contributed by atoms with Crippen LogP contribution in [-0.2, 0) is 19.1 Å². The van der Waals surface area contributed by atoms with E-state index in [0.29, 0.717) is 18.9 Å². The second-order valence-corrected chi connectivity index (χ2v) is 17.6. The molecule has 4 N–H and O–H groups in total. The van der Waals surface area contributed by atoms with Crippen molar-refractivity contribution in [3.05, 3.63) is 59.3 Å². The van der Waals surface area contributed by atoms with E-state index >= 15 is 0 Å². The summed E-state index contributed by atoms with van der Waals surface area (Å²) in [5, 5.41) is 5.55. The van der Waals surface area contributed by atoms with Crippen LogP contribution in [0.2, 0.25) is 0 Å². The van der Waals surface area contributed by atoms with Gasteiger partial charge in [-0.05, 0) is 37.5 Å². The van der Waals surface area contributed by atoms with Crippen LogP contribution in [0.4, 0.5) is 4.79 Å². The quantitative estimate of drug-likeness (QED) is 0.104. The van der Waals surface area contributed by atoms with Crippen LogP contribution in [0.25, 0.3) is 54.1 Å². The van der Waals surface area contributed by atoms with Crippen molar-refractivity contribution in [1.29, 1.82) is 0 Å². The van der Waals surface area contributed by atoms with Crippen molar-refractivity contribution in [2.75, 3.05) is 20.2 Å². The summed E-state index contributed by atoms with van der Waals surface area (Å²) in [7, 11) is 1.29. The first kappa shape index (κ1) is 40.1. The lowest BCUT2D eigenvalue weighted by Crippen LogP contribution is -2.51. The van der Waals surface area contributed by atoms with Crippen molar-refractivity contribution in [1.82, 2.24) is 50.3 Å². The summed E-state index contributed by atoms with van der Waals surface area (Å²) in [6, 6.07) is 6.56. The Hall–Kier alpha value is -5.68. The number of ether oxygens (including phenoxy) is 1. The number of carbonyl (C=O) groups excluding carboxylic acids is 4. The van der Waals surface area contributed by atoms with Crippen LogP contribution in [0.5, 0.6) is 0 Å². The first-order valence-electron chi connectivity index (χ1n) is 20.0. The summed E-state index contributed by atoms with van der Waals surface area (Å²) in [5.41, 5.74) is 10.9. The second kappa shape index (κ2) is 16.5. The van der Waals surface area contributed by atoms with Crippen molar-refractivity contribution in [3.8, 4) is 33.6 Å². The Bertz CT molecular complexity index is 2540. The second-order valence-electron chi connectivity index (χ2n) is 15.9. The molecular formula is C42H48N10O5S2. The number of aromatic nitrogens is 6. The van der Waals surface area contributed by atoms with Crippen molar-refractivity contribution >= 4 is 66.9 Å². The van der Waals surface area contributed by atoms with Crippen molar-refractivity contribution in [2.45, 2.75) is 84.5 Å². The molecule has 6 aromatic rings. The van der Waals surface area contributed by atoms with Gasteiger partial charge in [0.2, 0.25) is 17.7 Å². The minimum atomic E-state index is -0.710. The van der Waals surface area contributed by atoms with Gasteiger partial charge >= 0.3 is 6.09 Å². The fourth-order valence-electron chi connectivity index (χ4n) is 8.46. The fraction of sp³-hybridized carbons (Fsp3) is 0.429. The molecule has 8 rings (SSSR count). The Labute approximate surface area is 349 Å². The molecule has 0 bridgehead atoms. The lowest BCUT2D eigenvalue weighted by atomic mass is 9.98. The molecule has 17 heteroatoms. The van der Waals surface area contributed by atoms with Gasteiger partial charge in [0.15, 0.2) is 0 Å². The van der Waals surface area contributed by atoms with Gasteiger partial charge in [-0.25, -0.2) is 24.7 Å². The zero-order valence-electron chi connectivity index (χ0n) is 33.9. The number of alkyl carbamates (subject to hydrolysis) is 1. The van der Waals surface area contributed by atoms with E-state index in [1.165, 1.54) is 14.0 Å². The maximum absolute atomic E-state index is 13.7. The number of amides is 4. The molecule has 0 radical (unpaired) electrons. The van der Waals surface area contributed by atoms with E-state index in [4.69, 9.17) is 24.7 Å². The van der Waals surface area contributed by atoms with E-state index in [0.717, 1.165) is 85.6 Å². The molecule has 6 heterocycles. The summed E-state index contributed by atoms with van der Waals surface area (Å²) in [4.78, 5) is 81.3. The van der Waals surface area contributed by atoms with E-state index in [9.17, 15) is 19.2 Å². The third kappa shape index (κ3) is 7.57. The Kier molecular flexibility index (Phi) is 11.2. The molecule has 308 valence electrons. The molecule has 0 spiro atoms. The normalized spacial score (nSPS) is 18.0. The van der Waals surface area contributed by atoms with Gasteiger partial charge in [0, 0.05) is 42.3 Å². The Morgan fingerprint density at radius 2 is 1.14 bits per heavy atom. The number of likely N-dealkylation sites (tertiary alicyclic amines) is 2. The number of carbonyl (C=O) groups is 4. The number of methoxy groups -OCH3 is 1.